The van der Waals surface area contributed by atoms with Crippen molar-refractivity contribution >= 4 is 23.3 Å². The molecule has 8 nitrogen and oxygen atoms in total. The Bertz CT molecular complexity index is 939. The van der Waals surface area contributed by atoms with Gasteiger partial charge in [-0.05, 0) is 40.5 Å². The largest absolute Gasteiger partial charge is 0.365 e. The van der Waals surface area contributed by atoms with Gasteiger partial charge in [-0.15, -0.1) is 0 Å². The Labute approximate surface area is 177 Å². The molecule has 0 spiro atoms. The van der Waals surface area contributed by atoms with Gasteiger partial charge in [0.25, 0.3) is 0 Å². The summed E-state index contributed by atoms with van der Waals surface area (Å²) in [6.07, 6.45) is 7.60. The summed E-state index contributed by atoms with van der Waals surface area (Å²) in [5.74, 6) is 1.35. The van der Waals surface area contributed by atoms with Crippen LogP contribution in [-0.4, -0.2) is 67.7 Å². The van der Waals surface area contributed by atoms with Crippen molar-refractivity contribution in [2.45, 2.75) is 58.4 Å². The minimum atomic E-state index is -0.187. The third-order valence-corrected chi connectivity index (χ3v) is 6.09. The molecule has 4 heterocycles. The molecule has 4 rings (SSSR count). The number of hydrogen-bond acceptors (Lipinski definition) is 5. The Morgan fingerprint density at radius 3 is 2.63 bits per heavy atom. The second-order valence-electron chi connectivity index (χ2n) is 9.46. The van der Waals surface area contributed by atoms with Crippen molar-refractivity contribution in [3.63, 3.8) is 0 Å². The van der Waals surface area contributed by atoms with E-state index < -0.39 is 0 Å². The van der Waals surface area contributed by atoms with Crippen LogP contribution in [0, 0.1) is 5.92 Å². The number of aromatic nitrogens is 3. The maximum absolute atomic E-state index is 13.0. The normalized spacial score (nSPS) is 20.9. The first-order valence-corrected chi connectivity index (χ1v) is 10.9. The van der Waals surface area contributed by atoms with Crippen LogP contribution in [0.5, 0.6) is 0 Å². The van der Waals surface area contributed by atoms with Gasteiger partial charge in [0, 0.05) is 56.5 Å². The van der Waals surface area contributed by atoms with E-state index in [2.05, 4.69) is 35.5 Å². The van der Waals surface area contributed by atoms with Crippen LogP contribution in [0.15, 0.2) is 18.6 Å². The van der Waals surface area contributed by atoms with Crippen LogP contribution in [0.25, 0.3) is 5.65 Å². The van der Waals surface area contributed by atoms with Crippen LogP contribution in [0.1, 0.15) is 58.6 Å². The quantitative estimate of drug-likeness (QED) is 0.834. The average molecular weight is 413 g/mol. The van der Waals surface area contributed by atoms with E-state index in [0.717, 1.165) is 30.0 Å². The van der Waals surface area contributed by atoms with E-state index in [9.17, 15) is 9.59 Å². The van der Waals surface area contributed by atoms with Crippen LogP contribution in [0.4, 0.5) is 5.82 Å². The van der Waals surface area contributed by atoms with Crippen molar-refractivity contribution in [3.05, 3.63) is 24.3 Å². The highest BCUT2D eigenvalue weighted by atomic mass is 16.2. The van der Waals surface area contributed by atoms with E-state index >= 15 is 0 Å². The van der Waals surface area contributed by atoms with Gasteiger partial charge in [0.2, 0.25) is 11.8 Å². The van der Waals surface area contributed by atoms with Gasteiger partial charge in [-0.25, -0.2) is 4.98 Å². The predicted molar refractivity (Wildman–Crippen MR) is 115 cm³/mol. The molecule has 0 unspecified atom stereocenters. The fraction of sp³-hybridized carbons (Fsp3) is 0.636. The number of rotatable bonds is 4. The highest BCUT2D eigenvalue weighted by molar-refractivity contribution is 5.89. The summed E-state index contributed by atoms with van der Waals surface area (Å²) in [4.78, 5) is 37.8. The van der Waals surface area contributed by atoms with Crippen molar-refractivity contribution in [1.82, 2.24) is 24.2 Å². The van der Waals surface area contributed by atoms with E-state index in [4.69, 9.17) is 4.98 Å². The fourth-order valence-corrected chi connectivity index (χ4v) is 4.56. The molecule has 0 saturated carbocycles. The minimum Gasteiger partial charge on any atom is -0.365 e. The van der Waals surface area contributed by atoms with Gasteiger partial charge in [0.05, 0.1) is 17.8 Å². The van der Waals surface area contributed by atoms with E-state index in [1.807, 2.05) is 18.0 Å². The number of piperidine rings is 1. The van der Waals surface area contributed by atoms with Crippen LogP contribution in [-0.2, 0) is 9.59 Å². The molecule has 2 saturated heterocycles. The molecule has 2 amide bonds. The fourth-order valence-electron chi connectivity index (χ4n) is 4.56. The lowest BCUT2D eigenvalue weighted by Crippen LogP contribution is -2.42. The van der Waals surface area contributed by atoms with Gasteiger partial charge in [0.15, 0.2) is 5.65 Å². The van der Waals surface area contributed by atoms with Gasteiger partial charge in [-0.1, -0.05) is 0 Å². The third-order valence-electron chi connectivity index (χ3n) is 6.09. The smallest absolute Gasteiger partial charge is 0.227 e. The average Bonchev–Trinajstić information content (AvgIpc) is 3.27. The zero-order chi connectivity index (χ0) is 21.5. The number of nitrogens with one attached hydrogen (secondary N) is 1. The molecule has 30 heavy (non-hydrogen) atoms. The van der Waals surface area contributed by atoms with E-state index in [0.29, 0.717) is 32.6 Å². The van der Waals surface area contributed by atoms with Crippen LogP contribution in [0.3, 0.4) is 0 Å². The summed E-state index contributed by atoms with van der Waals surface area (Å²) in [5, 5.41) is 3.61. The number of nitrogens with zero attached hydrogens (tertiary/aromatic N) is 5. The van der Waals surface area contributed by atoms with Crippen molar-refractivity contribution in [3.8, 4) is 0 Å². The van der Waals surface area contributed by atoms with E-state index in [1.54, 1.807) is 17.3 Å². The molecule has 8 heteroatoms. The maximum atomic E-state index is 13.0. The monoisotopic (exact) mass is 412 g/mol. The minimum absolute atomic E-state index is 0.0924. The summed E-state index contributed by atoms with van der Waals surface area (Å²) < 4.78 is 2.06. The van der Waals surface area contributed by atoms with Gasteiger partial charge >= 0.3 is 0 Å². The Morgan fingerprint density at radius 2 is 2.00 bits per heavy atom. The topological polar surface area (TPSA) is 82.8 Å². The molecule has 2 aromatic heterocycles. The van der Waals surface area contributed by atoms with Gasteiger partial charge in [0.1, 0.15) is 5.82 Å². The number of carbonyl (C=O) groups is 2. The van der Waals surface area contributed by atoms with Crippen molar-refractivity contribution in [2.75, 3.05) is 31.5 Å². The molecule has 162 valence electrons. The Kier molecular flexibility index (Phi) is 5.42. The van der Waals surface area contributed by atoms with Crippen LogP contribution in [0.2, 0.25) is 0 Å². The maximum Gasteiger partial charge on any atom is 0.227 e. The molecule has 2 aliphatic heterocycles. The first kappa shape index (κ1) is 20.6. The number of anilines is 1. The summed E-state index contributed by atoms with van der Waals surface area (Å²) >= 11 is 0. The van der Waals surface area contributed by atoms with Crippen molar-refractivity contribution in [2.24, 2.45) is 5.92 Å². The second kappa shape index (κ2) is 7.89. The lowest BCUT2D eigenvalue weighted by atomic mass is 9.92. The SMILES string of the molecule is CCN1C[C@H](C(=O)N2CCC(c3nc4cnccn4c3NC(C)(C)C)CC2)CC1=O. The number of likely N-dealkylation sites (tertiary alicyclic amines) is 2. The number of amides is 2. The number of imidazole rings is 1. The second-order valence-corrected chi connectivity index (χ2v) is 9.46. The van der Waals surface area contributed by atoms with Gasteiger partial charge in [-0.2, -0.15) is 0 Å². The summed E-state index contributed by atoms with van der Waals surface area (Å²) in [7, 11) is 0. The molecule has 0 aromatic carbocycles. The molecule has 2 aromatic rings. The number of carbonyl (C=O) groups excluding carboxylic acids is 2. The van der Waals surface area contributed by atoms with Crippen molar-refractivity contribution in [1.29, 1.82) is 0 Å². The molecule has 0 bridgehead atoms. The van der Waals surface area contributed by atoms with Gasteiger partial charge < -0.3 is 15.1 Å². The standard InChI is InChI=1S/C22H32N6O2/c1-5-26-14-16(12-18(26)29)21(30)27-9-6-15(7-10-27)19-20(25-22(2,3)4)28-11-8-23-13-17(28)24-19/h8,11,13,15-16,25H,5-7,9-10,12,14H2,1-4H3/t16-/m1/s1. The van der Waals surface area contributed by atoms with Gasteiger partial charge in [-0.3, -0.25) is 19.0 Å². The highest BCUT2D eigenvalue weighted by Gasteiger charge is 2.37. The molecule has 0 radical (unpaired) electrons. The van der Waals surface area contributed by atoms with E-state index in [1.165, 1.54) is 0 Å². The zero-order valence-corrected chi connectivity index (χ0v) is 18.4. The van der Waals surface area contributed by atoms with Crippen molar-refractivity contribution < 1.29 is 9.59 Å². The Morgan fingerprint density at radius 1 is 1.27 bits per heavy atom. The first-order chi connectivity index (χ1) is 14.3. The molecule has 1 N–H and O–H groups in total. The number of hydrogen-bond donors (Lipinski definition) is 1. The molecule has 2 aliphatic rings. The van der Waals surface area contributed by atoms with Crippen LogP contribution >= 0.6 is 0 Å². The molecule has 1 atom stereocenters. The lowest BCUT2D eigenvalue weighted by molar-refractivity contribution is -0.136. The molecular weight excluding hydrogens is 380 g/mol. The third kappa shape index (κ3) is 4.00. The Balaban J connectivity index is 1.48. The lowest BCUT2D eigenvalue weighted by Gasteiger charge is -2.33. The molecular formula is C22H32N6O2. The number of fused-ring (bicyclic) bond motifs is 1. The first-order valence-electron chi connectivity index (χ1n) is 10.9. The van der Waals surface area contributed by atoms with E-state index in [-0.39, 0.29) is 29.2 Å². The Hall–Kier alpha value is -2.64. The molecule has 2 fully saturated rings. The predicted octanol–water partition coefficient (Wildman–Crippen LogP) is 2.51. The summed E-state index contributed by atoms with van der Waals surface area (Å²) in [6, 6.07) is 0. The van der Waals surface area contributed by atoms with Crippen LogP contribution < -0.4 is 5.32 Å². The zero-order valence-electron chi connectivity index (χ0n) is 18.4. The molecule has 0 aliphatic carbocycles. The summed E-state index contributed by atoms with van der Waals surface area (Å²) in [5.41, 5.74) is 1.80. The highest BCUT2D eigenvalue weighted by Crippen LogP contribution is 2.35. The summed E-state index contributed by atoms with van der Waals surface area (Å²) in [6.45, 7) is 11.0.